The zero-order valence-electron chi connectivity index (χ0n) is 19.4. The highest BCUT2D eigenvalue weighted by Crippen LogP contribution is 2.29. The topological polar surface area (TPSA) is 124 Å². The number of non-ortho nitro benzene ring substituents is 1. The summed E-state index contributed by atoms with van der Waals surface area (Å²) in [4.78, 5) is 33.0. The monoisotopic (exact) mass is 491 g/mol. The highest BCUT2D eigenvalue weighted by Gasteiger charge is 2.28. The number of aromatic nitrogens is 3. The number of hydrogen-bond donors (Lipinski definition) is 1. The summed E-state index contributed by atoms with van der Waals surface area (Å²) in [6.45, 7) is 4.01. The number of benzene rings is 2. The molecule has 35 heavy (non-hydrogen) atoms. The first-order valence-electron chi connectivity index (χ1n) is 11.2. The molecule has 2 heterocycles. The van der Waals surface area contributed by atoms with Gasteiger partial charge in [0.1, 0.15) is 10.9 Å². The number of nitrogens with zero attached hydrogens (tertiary/aromatic N) is 4. The van der Waals surface area contributed by atoms with Gasteiger partial charge in [0.15, 0.2) is 5.82 Å². The van der Waals surface area contributed by atoms with E-state index in [9.17, 15) is 14.9 Å². The second kappa shape index (κ2) is 11.0. The van der Waals surface area contributed by atoms with Gasteiger partial charge in [-0.1, -0.05) is 54.5 Å². The van der Waals surface area contributed by atoms with Gasteiger partial charge in [0.05, 0.1) is 16.5 Å². The van der Waals surface area contributed by atoms with E-state index in [2.05, 4.69) is 15.5 Å². The molecule has 4 rings (SSSR count). The molecule has 0 bridgehead atoms. The summed E-state index contributed by atoms with van der Waals surface area (Å²) in [5.74, 6) is -0.426. The first-order valence-corrected chi connectivity index (χ1v) is 12.1. The second-order valence-electron chi connectivity index (χ2n) is 8.10. The number of carbonyl (C=O) groups excluding carboxylic acids is 1. The summed E-state index contributed by atoms with van der Waals surface area (Å²) in [5, 5.41) is 20.8. The third kappa shape index (κ3) is 5.96. The molecule has 4 aromatic rings. The van der Waals surface area contributed by atoms with Crippen molar-refractivity contribution in [2.24, 2.45) is 0 Å². The third-order valence-corrected chi connectivity index (χ3v) is 6.66. The quantitative estimate of drug-likeness (QED) is 0.254. The summed E-state index contributed by atoms with van der Waals surface area (Å²) < 4.78 is 5.35. The number of rotatable bonds is 10. The maximum atomic E-state index is 13.4. The summed E-state index contributed by atoms with van der Waals surface area (Å²) in [7, 11) is 0. The van der Waals surface area contributed by atoms with E-state index in [0.29, 0.717) is 12.2 Å². The third-order valence-electron chi connectivity index (χ3n) is 5.66. The fourth-order valence-corrected chi connectivity index (χ4v) is 4.77. The van der Waals surface area contributed by atoms with Crippen molar-refractivity contribution in [1.82, 2.24) is 20.4 Å². The van der Waals surface area contributed by atoms with Crippen LogP contribution in [0.15, 0.2) is 64.5 Å². The largest absolute Gasteiger partial charge is 0.354 e. The predicted octanol–water partition coefficient (Wildman–Crippen LogP) is 4.58. The Morgan fingerprint density at radius 1 is 1.14 bits per heavy atom. The van der Waals surface area contributed by atoms with Crippen LogP contribution in [-0.4, -0.2) is 32.5 Å². The molecule has 2 aromatic heterocycles. The van der Waals surface area contributed by atoms with Gasteiger partial charge in [0.2, 0.25) is 11.8 Å². The van der Waals surface area contributed by atoms with E-state index in [4.69, 9.17) is 9.51 Å². The summed E-state index contributed by atoms with van der Waals surface area (Å²) in [6.07, 6.45) is 1.21. The molecule has 0 aliphatic heterocycles. The molecule has 0 saturated carbocycles. The van der Waals surface area contributed by atoms with Gasteiger partial charge in [-0.2, -0.15) is 4.98 Å². The molecule has 9 nitrogen and oxygen atoms in total. The van der Waals surface area contributed by atoms with E-state index in [1.165, 1.54) is 23.5 Å². The first kappa shape index (κ1) is 24.2. The standard InChI is InChI=1S/C25H25N5O4S/c1-3-19-15-35-25(28-19)22(18-9-11-20(12-10-18)30(32)33)14-26-23(31)21(24-27-16(2)29-34-24)13-17-7-5-4-6-8-17/h4-12,15,21-22H,3,13-14H2,1-2H3,(H,26,31). The van der Waals surface area contributed by atoms with Crippen LogP contribution >= 0.6 is 11.3 Å². The Labute approximate surface area is 206 Å². The molecule has 0 fully saturated rings. The number of amides is 1. The molecule has 0 aliphatic rings. The molecule has 0 spiro atoms. The lowest BCUT2D eigenvalue weighted by Crippen LogP contribution is -2.34. The number of nitro groups is 1. The van der Waals surface area contributed by atoms with Crippen molar-refractivity contribution in [2.75, 3.05) is 6.54 Å². The average molecular weight is 492 g/mol. The van der Waals surface area contributed by atoms with Crippen molar-refractivity contribution in [3.8, 4) is 0 Å². The van der Waals surface area contributed by atoms with Crippen molar-refractivity contribution in [2.45, 2.75) is 38.5 Å². The molecular formula is C25H25N5O4S. The Morgan fingerprint density at radius 2 is 1.89 bits per heavy atom. The summed E-state index contributed by atoms with van der Waals surface area (Å²) in [5.41, 5.74) is 2.79. The number of nitrogens with one attached hydrogen (secondary N) is 1. The fourth-order valence-electron chi connectivity index (χ4n) is 3.74. The molecule has 1 N–H and O–H groups in total. The maximum absolute atomic E-state index is 13.4. The van der Waals surface area contributed by atoms with Crippen LogP contribution in [0.5, 0.6) is 0 Å². The van der Waals surface area contributed by atoms with Crippen LogP contribution in [0, 0.1) is 17.0 Å². The molecule has 0 radical (unpaired) electrons. The Kier molecular flexibility index (Phi) is 7.61. The van der Waals surface area contributed by atoms with E-state index < -0.39 is 10.8 Å². The highest BCUT2D eigenvalue weighted by molar-refractivity contribution is 7.09. The van der Waals surface area contributed by atoms with Crippen LogP contribution < -0.4 is 5.32 Å². The SMILES string of the molecule is CCc1csc(C(CNC(=O)C(Cc2ccccc2)c2nc(C)no2)c2ccc([N+](=O)[O-])cc2)n1. The molecule has 0 aliphatic carbocycles. The van der Waals surface area contributed by atoms with Gasteiger partial charge in [-0.3, -0.25) is 14.9 Å². The van der Waals surface area contributed by atoms with E-state index >= 15 is 0 Å². The molecule has 0 saturated heterocycles. The molecule has 2 aromatic carbocycles. The average Bonchev–Trinajstić information content (AvgIpc) is 3.52. The number of aryl methyl sites for hydroxylation is 2. The number of carbonyl (C=O) groups is 1. The molecule has 2 unspecified atom stereocenters. The van der Waals surface area contributed by atoms with E-state index in [0.717, 1.165) is 28.2 Å². The van der Waals surface area contributed by atoms with Crippen molar-refractivity contribution in [3.63, 3.8) is 0 Å². The zero-order chi connectivity index (χ0) is 24.8. The molecule has 10 heteroatoms. The van der Waals surface area contributed by atoms with Gasteiger partial charge in [-0.15, -0.1) is 11.3 Å². The van der Waals surface area contributed by atoms with Crippen molar-refractivity contribution in [3.05, 3.63) is 104 Å². The van der Waals surface area contributed by atoms with Crippen LogP contribution in [-0.2, 0) is 17.6 Å². The first-order chi connectivity index (χ1) is 16.9. The molecule has 1 amide bonds. The lowest BCUT2D eigenvalue weighted by atomic mass is 9.96. The van der Waals surface area contributed by atoms with E-state index in [-0.39, 0.29) is 29.9 Å². The van der Waals surface area contributed by atoms with Gasteiger partial charge in [0, 0.05) is 24.1 Å². The van der Waals surface area contributed by atoms with Crippen LogP contribution in [0.25, 0.3) is 0 Å². The second-order valence-corrected chi connectivity index (χ2v) is 8.99. The van der Waals surface area contributed by atoms with Crippen molar-refractivity contribution in [1.29, 1.82) is 0 Å². The normalized spacial score (nSPS) is 12.7. The van der Waals surface area contributed by atoms with Gasteiger partial charge < -0.3 is 9.84 Å². The van der Waals surface area contributed by atoms with Gasteiger partial charge in [-0.05, 0) is 30.9 Å². The fraction of sp³-hybridized carbons (Fsp3) is 0.280. The minimum atomic E-state index is -0.654. The Hall–Kier alpha value is -3.92. The van der Waals surface area contributed by atoms with Crippen LogP contribution in [0.1, 0.15) is 52.3 Å². The van der Waals surface area contributed by atoms with Gasteiger partial charge >= 0.3 is 0 Å². The minimum Gasteiger partial charge on any atom is -0.354 e. The Balaban J connectivity index is 1.58. The smallest absolute Gasteiger partial charge is 0.269 e. The lowest BCUT2D eigenvalue weighted by Gasteiger charge is -2.19. The molecule has 2 atom stereocenters. The van der Waals surface area contributed by atoms with Crippen LogP contribution in [0.2, 0.25) is 0 Å². The van der Waals surface area contributed by atoms with Crippen LogP contribution in [0.4, 0.5) is 5.69 Å². The van der Waals surface area contributed by atoms with Gasteiger partial charge in [0.25, 0.3) is 5.69 Å². The molecular weight excluding hydrogens is 466 g/mol. The Morgan fingerprint density at radius 3 is 2.49 bits per heavy atom. The van der Waals surface area contributed by atoms with E-state index in [1.54, 1.807) is 19.1 Å². The van der Waals surface area contributed by atoms with Gasteiger partial charge in [-0.25, -0.2) is 4.98 Å². The van der Waals surface area contributed by atoms with Crippen molar-refractivity contribution < 1.29 is 14.2 Å². The maximum Gasteiger partial charge on any atom is 0.269 e. The van der Waals surface area contributed by atoms with Crippen LogP contribution in [0.3, 0.4) is 0 Å². The summed E-state index contributed by atoms with van der Waals surface area (Å²) >= 11 is 1.51. The number of nitro benzene ring substituents is 1. The zero-order valence-corrected chi connectivity index (χ0v) is 20.2. The van der Waals surface area contributed by atoms with Crippen molar-refractivity contribution >= 4 is 22.9 Å². The minimum absolute atomic E-state index is 0.0135. The Bertz CT molecular complexity index is 1290. The highest BCUT2D eigenvalue weighted by atomic mass is 32.1. The summed E-state index contributed by atoms with van der Waals surface area (Å²) in [6, 6.07) is 16.0. The number of thiazole rings is 1. The van der Waals surface area contributed by atoms with E-state index in [1.807, 2.05) is 42.6 Å². The lowest BCUT2D eigenvalue weighted by molar-refractivity contribution is -0.384. The molecule has 180 valence electrons. The number of hydrogen-bond acceptors (Lipinski definition) is 8. The predicted molar refractivity (Wildman–Crippen MR) is 131 cm³/mol.